The second-order valence-corrected chi connectivity index (χ2v) is 4.44. The van der Waals surface area contributed by atoms with Gasteiger partial charge in [-0.15, -0.1) is 0 Å². The molecule has 5 nitrogen and oxygen atoms in total. The number of nitrogens with zero attached hydrogens (tertiary/aromatic N) is 2. The lowest BCUT2D eigenvalue weighted by Crippen LogP contribution is -2.55. The molecule has 1 fully saturated rings. The van der Waals surface area contributed by atoms with Crippen molar-refractivity contribution in [1.29, 1.82) is 0 Å². The summed E-state index contributed by atoms with van der Waals surface area (Å²) in [5.41, 5.74) is 6.94. The fourth-order valence-electron chi connectivity index (χ4n) is 1.66. The quantitative estimate of drug-likeness (QED) is 0.772. The average molecular weight is 220 g/mol. The van der Waals surface area contributed by atoms with Crippen molar-refractivity contribution in [2.24, 2.45) is 5.73 Å². The number of rotatable bonds is 3. The number of aromatic nitrogens is 2. The Morgan fingerprint density at radius 2 is 2.25 bits per heavy atom. The Balaban J connectivity index is 1.90. The van der Waals surface area contributed by atoms with Gasteiger partial charge in [-0.05, 0) is 26.2 Å². The van der Waals surface area contributed by atoms with Gasteiger partial charge in [-0.1, -0.05) is 0 Å². The van der Waals surface area contributed by atoms with Crippen LogP contribution in [0.5, 0.6) is 0 Å². The molecule has 0 aromatic carbocycles. The van der Waals surface area contributed by atoms with Gasteiger partial charge in [-0.25, -0.2) is 4.98 Å². The van der Waals surface area contributed by atoms with Gasteiger partial charge in [0, 0.05) is 18.3 Å². The van der Waals surface area contributed by atoms with E-state index in [-0.39, 0.29) is 11.4 Å². The molecule has 1 saturated carbocycles. The van der Waals surface area contributed by atoms with Crippen molar-refractivity contribution < 1.29 is 4.79 Å². The summed E-state index contributed by atoms with van der Waals surface area (Å²) < 4.78 is 0. The molecule has 1 heterocycles. The van der Waals surface area contributed by atoms with Gasteiger partial charge in [0.15, 0.2) is 0 Å². The number of nitrogens with one attached hydrogen (secondary N) is 1. The van der Waals surface area contributed by atoms with Crippen LogP contribution in [0.3, 0.4) is 0 Å². The normalized spacial score (nSPS) is 17.6. The van der Waals surface area contributed by atoms with E-state index in [1.807, 2.05) is 6.92 Å². The molecular formula is C11H16N4O. The number of hydrogen-bond donors (Lipinski definition) is 2. The minimum absolute atomic E-state index is 0.201. The van der Waals surface area contributed by atoms with Gasteiger partial charge in [0.1, 0.15) is 5.69 Å². The first-order valence-electron chi connectivity index (χ1n) is 5.45. The van der Waals surface area contributed by atoms with Crippen LogP contribution in [0.15, 0.2) is 12.4 Å². The Bertz CT molecular complexity index is 383. The van der Waals surface area contributed by atoms with Crippen LogP contribution in [-0.2, 0) is 0 Å². The molecule has 0 saturated heterocycles. The van der Waals surface area contributed by atoms with E-state index in [1.165, 1.54) is 6.20 Å². The van der Waals surface area contributed by atoms with E-state index >= 15 is 0 Å². The summed E-state index contributed by atoms with van der Waals surface area (Å²) in [4.78, 5) is 19.7. The van der Waals surface area contributed by atoms with Gasteiger partial charge >= 0.3 is 0 Å². The second-order valence-electron chi connectivity index (χ2n) is 4.44. The Kier molecular flexibility index (Phi) is 2.87. The summed E-state index contributed by atoms with van der Waals surface area (Å²) in [6.45, 7) is 2.35. The third-order valence-corrected chi connectivity index (χ3v) is 2.96. The van der Waals surface area contributed by atoms with Crippen molar-refractivity contribution in [3.05, 3.63) is 23.8 Å². The maximum absolute atomic E-state index is 11.7. The molecular weight excluding hydrogens is 204 g/mol. The molecule has 1 aliphatic rings. The highest BCUT2D eigenvalue weighted by Gasteiger charge is 2.32. The van der Waals surface area contributed by atoms with Crippen molar-refractivity contribution >= 4 is 5.91 Å². The molecule has 0 spiro atoms. The lowest BCUT2D eigenvalue weighted by molar-refractivity contribution is 0.0924. The van der Waals surface area contributed by atoms with Crippen molar-refractivity contribution in [2.75, 3.05) is 6.54 Å². The number of aryl methyl sites for hydroxylation is 1. The molecule has 86 valence electrons. The van der Waals surface area contributed by atoms with Crippen LogP contribution in [0, 0.1) is 6.92 Å². The predicted octanol–water partition coefficient (Wildman–Crippen LogP) is 0.396. The smallest absolute Gasteiger partial charge is 0.271 e. The van der Waals surface area contributed by atoms with E-state index in [0.717, 1.165) is 25.0 Å². The first kappa shape index (κ1) is 11.0. The van der Waals surface area contributed by atoms with Gasteiger partial charge in [-0.3, -0.25) is 9.78 Å². The van der Waals surface area contributed by atoms with E-state index in [1.54, 1.807) is 6.20 Å². The van der Waals surface area contributed by atoms with E-state index in [2.05, 4.69) is 15.3 Å². The van der Waals surface area contributed by atoms with Gasteiger partial charge in [-0.2, -0.15) is 0 Å². The molecule has 1 aromatic heterocycles. The number of carbonyl (C=O) groups excluding carboxylic acids is 1. The molecule has 1 aliphatic carbocycles. The first-order chi connectivity index (χ1) is 7.59. The van der Waals surface area contributed by atoms with Crippen LogP contribution in [0.1, 0.15) is 35.4 Å². The number of nitrogens with two attached hydrogens (primary N) is 1. The summed E-state index contributed by atoms with van der Waals surface area (Å²) in [5.74, 6) is -0.204. The fourth-order valence-corrected chi connectivity index (χ4v) is 1.66. The predicted molar refractivity (Wildman–Crippen MR) is 59.9 cm³/mol. The van der Waals surface area contributed by atoms with Crippen LogP contribution in [0.25, 0.3) is 0 Å². The third-order valence-electron chi connectivity index (χ3n) is 2.96. The summed E-state index contributed by atoms with van der Waals surface area (Å²) in [5, 5.41) is 2.79. The standard InChI is InChI=1S/C11H16N4O/c1-8-5-14-9(6-13-8)10(16)15-7-11(12)3-2-4-11/h5-6H,2-4,7,12H2,1H3,(H,15,16). The molecule has 0 bridgehead atoms. The van der Waals surface area contributed by atoms with Crippen LogP contribution in [0.4, 0.5) is 0 Å². The lowest BCUT2D eigenvalue weighted by atomic mass is 9.78. The zero-order chi connectivity index (χ0) is 11.6. The molecule has 0 unspecified atom stereocenters. The number of carbonyl (C=O) groups is 1. The summed E-state index contributed by atoms with van der Waals surface area (Å²) in [7, 11) is 0. The van der Waals surface area contributed by atoms with Crippen molar-refractivity contribution in [3.8, 4) is 0 Å². The van der Waals surface area contributed by atoms with E-state index in [9.17, 15) is 4.79 Å². The van der Waals surface area contributed by atoms with E-state index in [0.29, 0.717) is 12.2 Å². The maximum atomic E-state index is 11.7. The largest absolute Gasteiger partial charge is 0.349 e. The van der Waals surface area contributed by atoms with Gasteiger partial charge in [0.05, 0.1) is 11.9 Å². The fraction of sp³-hybridized carbons (Fsp3) is 0.545. The molecule has 0 radical (unpaired) electrons. The maximum Gasteiger partial charge on any atom is 0.271 e. The highest BCUT2D eigenvalue weighted by Crippen LogP contribution is 2.27. The minimum Gasteiger partial charge on any atom is -0.349 e. The van der Waals surface area contributed by atoms with Gasteiger partial charge < -0.3 is 11.1 Å². The number of amides is 1. The van der Waals surface area contributed by atoms with Crippen molar-refractivity contribution in [2.45, 2.75) is 31.7 Å². The van der Waals surface area contributed by atoms with E-state index < -0.39 is 0 Å². The zero-order valence-corrected chi connectivity index (χ0v) is 9.36. The molecule has 3 N–H and O–H groups in total. The average Bonchev–Trinajstić information content (AvgIpc) is 2.24. The monoisotopic (exact) mass is 220 g/mol. The summed E-state index contributed by atoms with van der Waals surface area (Å²) >= 11 is 0. The molecule has 1 aromatic rings. The topological polar surface area (TPSA) is 80.9 Å². The SMILES string of the molecule is Cc1cnc(C(=O)NCC2(N)CCC2)cn1. The summed E-state index contributed by atoms with van der Waals surface area (Å²) in [6.07, 6.45) is 6.17. The Morgan fingerprint density at radius 1 is 1.50 bits per heavy atom. The Labute approximate surface area is 94.5 Å². The Morgan fingerprint density at radius 3 is 2.75 bits per heavy atom. The van der Waals surface area contributed by atoms with Crippen LogP contribution in [-0.4, -0.2) is 28.0 Å². The minimum atomic E-state index is -0.204. The lowest BCUT2D eigenvalue weighted by Gasteiger charge is -2.38. The van der Waals surface area contributed by atoms with Crippen LogP contribution in [0.2, 0.25) is 0 Å². The van der Waals surface area contributed by atoms with Gasteiger partial charge in [0.2, 0.25) is 0 Å². The third kappa shape index (κ3) is 2.36. The molecule has 0 aliphatic heterocycles. The van der Waals surface area contributed by atoms with E-state index in [4.69, 9.17) is 5.73 Å². The van der Waals surface area contributed by atoms with Crippen LogP contribution >= 0.6 is 0 Å². The van der Waals surface area contributed by atoms with Crippen LogP contribution < -0.4 is 11.1 Å². The van der Waals surface area contributed by atoms with Crippen molar-refractivity contribution in [3.63, 3.8) is 0 Å². The second kappa shape index (κ2) is 4.17. The molecule has 2 rings (SSSR count). The molecule has 5 heteroatoms. The highest BCUT2D eigenvalue weighted by molar-refractivity contribution is 5.91. The van der Waals surface area contributed by atoms with Gasteiger partial charge in [0.25, 0.3) is 5.91 Å². The molecule has 1 amide bonds. The highest BCUT2D eigenvalue weighted by atomic mass is 16.1. The Hall–Kier alpha value is -1.49. The molecule has 16 heavy (non-hydrogen) atoms. The van der Waals surface area contributed by atoms with Crippen molar-refractivity contribution in [1.82, 2.24) is 15.3 Å². The first-order valence-corrected chi connectivity index (χ1v) is 5.45. The zero-order valence-electron chi connectivity index (χ0n) is 9.36. The molecule has 0 atom stereocenters. The number of hydrogen-bond acceptors (Lipinski definition) is 4. The summed E-state index contributed by atoms with van der Waals surface area (Å²) in [6, 6.07) is 0.